The average Bonchev–Trinajstić information content (AvgIpc) is 2.78. The molecule has 0 unspecified atom stereocenters. The number of aryl methyl sites for hydroxylation is 1. The van der Waals surface area contributed by atoms with Crippen LogP contribution in [0.25, 0.3) is 11.0 Å². The highest BCUT2D eigenvalue weighted by molar-refractivity contribution is 7.89. The molecule has 0 aliphatic rings. The van der Waals surface area contributed by atoms with Crippen molar-refractivity contribution in [2.45, 2.75) is 18.4 Å². The molecule has 2 aromatic carbocycles. The molecular weight excluding hydrogens is 444 g/mol. The van der Waals surface area contributed by atoms with E-state index in [9.17, 15) is 23.1 Å². The first-order chi connectivity index (χ1) is 15.7. The van der Waals surface area contributed by atoms with Gasteiger partial charge >= 0.3 is 0 Å². The third kappa shape index (κ3) is 4.21. The second-order valence-electron chi connectivity index (χ2n) is 7.42. The predicted molar refractivity (Wildman–Crippen MR) is 124 cm³/mol. The summed E-state index contributed by atoms with van der Waals surface area (Å²) in [5.74, 6) is -1.51. The Bertz CT molecular complexity index is 1550. The first-order valence-corrected chi connectivity index (χ1v) is 11.4. The highest BCUT2D eigenvalue weighted by Gasteiger charge is 2.25. The summed E-state index contributed by atoms with van der Waals surface area (Å²) in [6, 6.07) is 16.5. The highest BCUT2D eigenvalue weighted by Crippen LogP contribution is 2.28. The zero-order chi connectivity index (χ0) is 23.8. The van der Waals surface area contributed by atoms with Crippen LogP contribution in [0.15, 0.2) is 76.6 Å². The lowest BCUT2D eigenvalue weighted by Crippen LogP contribution is -2.31. The number of benzene rings is 2. The lowest BCUT2D eigenvalue weighted by atomic mass is 10.1. The van der Waals surface area contributed by atoms with Gasteiger partial charge in [0.2, 0.25) is 10.0 Å². The quantitative estimate of drug-likeness (QED) is 0.413. The molecule has 0 saturated carbocycles. The number of nitrogens with zero attached hydrogens (tertiary/aromatic N) is 2. The molecule has 4 aromatic rings. The Kier molecular flexibility index (Phi) is 5.71. The van der Waals surface area contributed by atoms with Gasteiger partial charge in [-0.3, -0.25) is 14.2 Å². The number of anilines is 1. The number of hydrogen-bond donors (Lipinski definition) is 3. The summed E-state index contributed by atoms with van der Waals surface area (Å²) < 4.78 is 25.3. The van der Waals surface area contributed by atoms with Crippen molar-refractivity contribution in [3.8, 4) is 5.75 Å². The number of para-hydroxylation sites is 1. The number of fused-ring (bicyclic) bond motifs is 1. The SMILES string of the molecule is Cc1cccc(S(N)(=O)=O)c1NC(=O)c1c(O)c2cccnc2n(Cc2ccccc2)c1=O. The molecule has 0 fully saturated rings. The molecule has 9 nitrogen and oxygen atoms in total. The van der Waals surface area contributed by atoms with E-state index in [1.165, 1.54) is 22.9 Å². The Hall–Kier alpha value is -4.02. The zero-order valence-corrected chi connectivity index (χ0v) is 18.3. The van der Waals surface area contributed by atoms with Crippen LogP contribution in [0.3, 0.4) is 0 Å². The van der Waals surface area contributed by atoms with Gasteiger partial charge in [0.15, 0.2) is 0 Å². The number of aromatic hydroxyl groups is 1. The lowest BCUT2D eigenvalue weighted by Gasteiger charge is -2.16. The van der Waals surface area contributed by atoms with Crippen LogP contribution in [0.1, 0.15) is 21.5 Å². The van der Waals surface area contributed by atoms with Crippen LogP contribution in [0.5, 0.6) is 5.75 Å². The minimum absolute atomic E-state index is 0.0651. The van der Waals surface area contributed by atoms with Crippen molar-refractivity contribution in [3.05, 3.63) is 93.9 Å². The molecule has 0 aliphatic carbocycles. The number of carbonyl (C=O) groups excluding carboxylic acids is 1. The maximum atomic E-state index is 13.4. The Morgan fingerprint density at radius 1 is 1.09 bits per heavy atom. The van der Waals surface area contributed by atoms with Gasteiger partial charge in [-0.05, 0) is 36.2 Å². The Morgan fingerprint density at radius 3 is 2.52 bits per heavy atom. The smallest absolute Gasteiger partial charge is 0.269 e. The Balaban J connectivity index is 1.89. The van der Waals surface area contributed by atoms with E-state index in [0.29, 0.717) is 5.56 Å². The molecule has 4 rings (SSSR count). The second-order valence-corrected chi connectivity index (χ2v) is 8.95. The lowest BCUT2D eigenvalue weighted by molar-refractivity contribution is 0.102. The molecule has 168 valence electrons. The van der Waals surface area contributed by atoms with E-state index in [4.69, 9.17) is 5.14 Å². The van der Waals surface area contributed by atoms with Crippen molar-refractivity contribution in [2.24, 2.45) is 5.14 Å². The maximum absolute atomic E-state index is 13.4. The van der Waals surface area contributed by atoms with Crippen LogP contribution < -0.4 is 16.0 Å². The van der Waals surface area contributed by atoms with E-state index in [1.807, 2.05) is 30.3 Å². The third-order valence-electron chi connectivity index (χ3n) is 5.18. The minimum atomic E-state index is -4.16. The number of rotatable bonds is 5. The molecule has 0 bridgehead atoms. The zero-order valence-electron chi connectivity index (χ0n) is 17.5. The molecule has 2 heterocycles. The fourth-order valence-electron chi connectivity index (χ4n) is 3.60. The first kappa shape index (κ1) is 22.2. The van der Waals surface area contributed by atoms with Crippen molar-refractivity contribution < 1.29 is 18.3 Å². The van der Waals surface area contributed by atoms with Crippen molar-refractivity contribution in [3.63, 3.8) is 0 Å². The largest absolute Gasteiger partial charge is 0.506 e. The third-order valence-corrected chi connectivity index (χ3v) is 6.14. The summed E-state index contributed by atoms with van der Waals surface area (Å²) in [7, 11) is -4.16. The van der Waals surface area contributed by atoms with Gasteiger partial charge in [-0.25, -0.2) is 18.5 Å². The predicted octanol–water partition coefficient (Wildman–Crippen LogP) is 2.36. The standard InChI is InChI=1S/C23H20N4O5S/c1-14-7-5-11-17(33(24,31)32)19(14)26-22(29)18-20(28)16-10-6-12-25-21(16)27(23(18)30)13-15-8-3-2-4-9-15/h2-12,28H,13H2,1H3,(H,26,29)(H2,24,31,32). The molecule has 0 atom stereocenters. The molecule has 0 saturated heterocycles. The minimum Gasteiger partial charge on any atom is -0.506 e. The molecule has 0 spiro atoms. The van der Waals surface area contributed by atoms with Crippen LogP contribution in [0.2, 0.25) is 0 Å². The fourth-order valence-corrected chi connectivity index (χ4v) is 4.36. The monoisotopic (exact) mass is 464 g/mol. The molecule has 10 heteroatoms. The maximum Gasteiger partial charge on any atom is 0.269 e. The van der Waals surface area contributed by atoms with Gasteiger partial charge in [-0.1, -0.05) is 42.5 Å². The number of sulfonamides is 1. The van der Waals surface area contributed by atoms with E-state index >= 15 is 0 Å². The summed E-state index contributed by atoms with van der Waals surface area (Å²) in [4.78, 5) is 30.5. The molecule has 33 heavy (non-hydrogen) atoms. The van der Waals surface area contributed by atoms with E-state index in [2.05, 4.69) is 10.3 Å². The summed E-state index contributed by atoms with van der Waals surface area (Å²) in [5.41, 5.74) is 0.0486. The number of primary sulfonamides is 1. The van der Waals surface area contributed by atoms with E-state index in [0.717, 1.165) is 5.56 Å². The van der Waals surface area contributed by atoms with E-state index < -0.39 is 32.8 Å². The molecule has 1 amide bonds. The number of nitrogens with one attached hydrogen (secondary N) is 1. The second kappa shape index (κ2) is 8.49. The van der Waals surface area contributed by atoms with Gasteiger partial charge in [0.05, 0.1) is 17.6 Å². The Morgan fingerprint density at radius 2 is 1.82 bits per heavy atom. The van der Waals surface area contributed by atoms with Crippen LogP contribution >= 0.6 is 0 Å². The van der Waals surface area contributed by atoms with Gasteiger partial charge in [0.25, 0.3) is 11.5 Å². The average molecular weight is 465 g/mol. The number of amides is 1. The fraction of sp³-hybridized carbons (Fsp3) is 0.0870. The topological polar surface area (TPSA) is 144 Å². The van der Waals surface area contributed by atoms with Gasteiger partial charge in [-0.15, -0.1) is 0 Å². The highest BCUT2D eigenvalue weighted by atomic mass is 32.2. The molecule has 4 N–H and O–H groups in total. The first-order valence-electron chi connectivity index (χ1n) is 9.86. The van der Waals surface area contributed by atoms with Crippen molar-refractivity contribution >= 4 is 32.7 Å². The van der Waals surface area contributed by atoms with Crippen LogP contribution in [0.4, 0.5) is 5.69 Å². The van der Waals surface area contributed by atoms with Gasteiger partial charge in [0, 0.05) is 6.20 Å². The molecule has 0 radical (unpaired) electrons. The van der Waals surface area contributed by atoms with Crippen molar-refractivity contribution in [1.29, 1.82) is 0 Å². The molecule has 2 aromatic heterocycles. The van der Waals surface area contributed by atoms with Crippen LogP contribution in [-0.4, -0.2) is 29.0 Å². The summed E-state index contributed by atoms with van der Waals surface area (Å²) in [5, 5.41) is 18.7. The number of nitrogens with two attached hydrogens (primary N) is 1. The van der Waals surface area contributed by atoms with Gasteiger partial charge in [0.1, 0.15) is 21.9 Å². The number of aromatic nitrogens is 2. The summed E-state index contributed by atoms with van der Waals surface area (Å²) in [6.45, 7) is 1.70. The Labute approximate surface area is 189 Å². The summed E-state index contributed by atoms with van der Waals surface area (Å²) >= 11 is 0. The van der Waals surface area contributed by atoms with Gasteiger partial charge in [-0.2, -0.15) is 0 Å². The normalized spacial score (nSPS) is 11.5. The molecule has 0 aliphatic heterocycles. The van der Waals surface area contributed by atoms with Gasteiger partial charge < -0.3 is 10.4 Å². The van der Waals surface area contributed by atoms with Crippen LogP contribution in [0, 0.1) is 6.92 Å². The molecular formula is C23H20N4O5S. The van der Waals surface area contributed by atoms with E-state index in [1.54, 1.807) is 25.1 Å². The summed E-state index contributed by atoms with van der Waals surface area (Å²) in [6.07, 6.45) is 1.48. The van der Waals surface area contributed by atoms with Crippen molar-refractivity contribution in [1.82, 2.24) is 9.55 Å². The number of pyridine rings is 2. The number of hydrogen-bond acceptors (Lipinski definition) is 6. The number of carbonyl (C=O) groups is 1. The van der Waals surface area contributed by atoms with E-state index in [-0.39, 0.29) is 28.2 Å². The van der Waals surface area contributed by atoms with Crippen LogP contribution in [-0.2, 0) is 16.6 Å². The van der Waals surface area contributed by atoms with Crippen molar-refractivity contribution in [2.75, 3.05) is 5.32 Å².